The van der Waals surface area contributed by atoms with Gasteiger partial charge in [-0.3, -0.25) is 4.79 Å². The Bertz CT molecular complexity index is 619. The van der Waals surface area contributed by atoms with E-state index in [1.807, 2.05) is 19.6 Å². The van der Waals surface area contributed by atoms with Gasteiger partial charge < -0.3 is 14.9 Å². The number of Topliss-reactive ketones (excluding diaryl/α,β-unsaturated/α-hetero) is 1. The van der Waals surface area contributed by atoms with Crippen molar-refractivity contribution >= 4 is 37.3 Å². The molecule has 0 aliphatic carbocycles. The number of ketones is 1. The Morgan fingerprint density at radius 2 is 1.71 bits per heavy atom. The summed E-state index contributed by atoms with van der Waals surface area (Å²) in [5, 5.41) is 0.849. The van der Waals surface area contributed by atoms with E-state index in [-0.39, 0.29) is 17.4 Å². The third kappa shape index (κ3) is 3.20. The summed E-state index contributed by atoms with van der Waals surface area (Å²) in [6, 6.07) is 4.86. The number of nitrogens with two attached hydrogens (primary N) is 1. The molecule has 4 nitrogen and oxygen atoms in total. The lowest BCUT2D eigenvalue weighted by Crippen LogP contribution is -2.34. The Balaban J connectivity index is 2.41. The van der Waals surface area contributed by atoms with Gasteiger partial charge in [-0.15, -0.1) is 0 Å². The van der Waals surface area contributed by atoms with E-state index in [0.29, 0.717) is 15.6 Å². The molecular weight excluding hydrogens is 329 g/mol. The van der Waals surface area contributed by atoms with Crippen molar-refractivity contribution in [3.05, 3.63) is 45.5 Å². The zero-order chi connectivity index (χ0) is 16.0. The normalized spacial score (nSPS) is 22.5. The van der Waals surface area contributed by atoms with Gasteiger partial charge in [-0.25, -0.2) is 0 Å². The molecule has 1 atom stereocenters. The Hall–Kier alpha value is -1.17. The summed E-state index contributed by atoms with van der Waals surface area (Å²) in [4.78, 5) is 12.7. The first-order chi connectivity index (χ1) is 9.53. The van der Waals surface area contributed by atoms with E-state index in [4.69, 9.17) is 38.1 Å². The Morgan fingerprint density at radius 1 is 1.19 bits per heavy atom. The fourth-order valence-electron chi connectivity index (χ4n) is 2.06. The number of ether oxygens (including phenoxy) is 1. The average molecular weight is 346 g/mol. The van der Waals surface area contributed by atoms with E-state index in [2.05, 4.69) is 0 Å². The topological polar surface area (TPSA) is 61.6 Å². The summed E-state index contributed by atoms with van der Waals surface area (Å²) in [6.07, 6.45) is 0. The molecule has 0 amide bonds. The van der Waals surface area contributed by atoms with Crippen LogP contribution in [0.1, 0.15) is 12.5 Å². The van der Waals surface area contributed by atoms with Gasteiger partial charge in [0.05, 0.1) is 0 Å². The van der Waals surface area contributed by atoms with Crippen LogP contribution in [0.5, 0.6) is 0 Å². The van der Waals surface area contributed by atoms with Crippen molar-refractivity contribution < 1.29 is 14.0 Å². The molecule has 0 aromatic heterocycles. The minimum Gasteiger partial charge on any atom is -0.538 e. The van der Waals surface area contributed by atoms with Crippen molar-refractivity contribution in [2.75, 3.05) is 0 Å². The highest BCUT2D eigenvalue weighted by Crippen LogP contribution is 2.40. The first-order valence-electron chi connectivity index (χ1n) is 6.42. The van der Waals surface area contributed by atoms with Gasteiger partial charge in [-0.05, 0) is 44.8 Å². The van der Waals surface area contributed by atoms with E-state index < -0.39 is 13.9 Å². The van der Waals surface area contributed by atoms with Gasteiger partial charge in [-0.1, -0.05) is 23.2 Å². The lowest BCUT2D eigenvalue weighted by molar-refractivity contribution is -0.131. The number of hydrogen-bond donors (Lipinski definition) is 1. The van der Waals surface area contributed by atoms with Crippen LogP contribution in [0.4, 0.5) is 0 Å². The molecule has 21 heavy (non-hydrogen) atoms. The van der Waals surface area contributed by atoms with Gasteiger partial charge in [0.15, 0.2) is 5.60 Å². The molecule has 0 saturated carbocycles. The molecule has 2 N–H and O–H groups in total. The number of hydrogen-bond acceptors (Lipinski definition) is 4. The molecule has 1 aromatic rings. The Labute approximate surface area is 134 Å². The van der Waals surface area contributed by atoms with Crippen LogP contribution in [0.3, 0.4) is 0 Å². The lowest BCUT2D eigenvalue weighted by Gasteiger charge is -2.24. The third-order valence-corrected chi connectivity index (χ3v) is 4.25. The molecule has 1 unspecified atom stereocenters. The molecule has 1 heterocycles. The maximum Gasteiger partial charge on any atom is 0.249 e. The van der Waals surface area contributed by atoms with Gasteiger partial charge in [-0.2, -0.15) is 0 Å². The van der Waals surface area contributed by atoms with Gasteiger partial charge in [0.1, 0.15) is 0 Å². The predicted molar refractivity (Wildman–Crippen MR) is 85.6 cm³/mol. The fraction of sp³-hybridized carbons (Fsp3) is 0.357. The maximum absolute atomic E-state index is 12.7. The molecule has 0 spiro atoms. The molecule has 0 bridgehead atoms. The zero-order valence-corrected chi connectivity index (χ0v) is 14.8. The number of benzene rings is 1. The minimum absolute atomic E-state index is 0.000947. The fourth-order valence-corrected chi connectivity index (χ4v) is 3.39. The Morgan fingerprint density at radius 3 is 2.19 bits per heavy atom. The quantitative estimate of drug-likeness (QED) is 0.846. The van der Waals surface area contributed by atoms with Crippen molar-refractivity contribution in [1.29, 1.82) is 0 Å². The monoisotopic (exact) mass is 345 g/mol. The number of rotatable bonds is 3. The van der Waals surface area contributed by atoms with E-state index in [0.717, 1.165) is 0 Å². The SMILES string of the molecule is CC1(c2cc(Cl)cc(Cl)c2)OC(N)=C(O[Si](C)(C)C)C1=O. The molecule has 0 radical (unpaired) electrons. The highest BCUT2D eigenvalue weighted by molar-refractivity contribution is 6.70. The van der Waals surface area contributed by atoms with E-state index in [1.54, 1.807) is 25.1 Å². The van der Waals surface area contributed by atoms with Crippen LogP contribution in [0, 0.1) is 0 Å². The maximum atomic E-state index is 12.7. The molecule has 0 fully saturated rings. The van der Waals surface area contributed by atoms with E-state index in [1.165, 1.54) is 0 Å². The van der Waals surface area contributed by atoms with Gasteiger partial charge in [0.2, 0.25) is 25.7 Å². The second kappa shape index (κ2) is 5.23. The zero-order valence-electron chi connectivity index (χ0n) is 12.3. The second-order valence-electron chi connectivity index (χ2n) is 6.03. The molecular formula is C14H17Cl2NO3Si. The lowest BCUT2D eigenvalue weighted by atomic mass is 9.92. The third-order valence-electron chi connectivity index (χ3n) is 3.00. The summed E-state index contributed by atoms with van der Waals surface area (Å²) >= 11 is 12.0. The summed E-state index contributed by atoms with van der Waals surface area (Å²) in [6.45, 7) is 7.52. The smallest absolute Gasteiger partial charge is 0.249 e. The van der Waals surface area contributed by atoms with Crippen molar-refractivity contribution in [2.24, 2.45) is 5.73 Å². The molecule has 0 saturated heterocycles. The molecule has 1 aliphatic rings. The van der Waals surface area contributed by atoms with Crippen LogP contribution >= 0.6 is 23.2 Å². The van der Waals surface area contributed by atoms with Gasteiger partial charge in [0, 0.05) is 15.6 Å². The van der Waals surface area contributed by atoms with Crippen molar-refractivity contribution in [1.82, 2.24) is 0 Å². The second-order valence-corrected chi connectivity index (χ2v) is 11.3. The van der Waals surface area contributed by atoms with Crippen LogP contribution in [0.15, 0.2) is 29.8 Å². The van der Waals surface area contributed by atoms with Crippen LogP contribution in [0.25, 0.3) is 0 Å². The average Bonchev–Trinajstić information content (AvgIpc) is 2.51. The van der Waals surface area contributed by atoms with Gasteiger partial charge in [0.25, 0.3) is 0 Å². The first kappa shape index (κ1) is 16.2. The van der Waals surface area contributed by atoms with Crippen LogP contribution < -0.4 is 5.73 Å². The molecule has 1 aliphatic heterocycles. The van der Waals surface area contributed by atoms with Crippen molar-refractivity contribution in [2.45, 2.75) is 32.2 Å². The van der Waals surface area contributed by atoms with Crippen LogP contribution in [-0.4, -0.2) is 14.1 Å². The molecule has 7 heteroatoms. The largest absolute Gasteiger partial charge is 0.538 e. The number of carbonyl (C=O) groups is 1. The summed E-state index contributed by atoms with van der Waals surface area (Å²) < 4.78 is 11.4. The minimum atomic E-state index is -1.98. The molecule has 114 valence electrons. The summed E-state index contributed by atoms with van der Waals surface area (Å²) in [7, 11) is -1.98. The van der Waals surface area contributed by atoms with Crippen LogP contribution in [0.2, 0.25) is 29.7 Å². The summed E-state index contributed by atoms with van der Waals surface area (Å²) in [5.41, 5.74) is 5.11. The highest BCUT2D eigenvalue weighted by Gasteiger charge is 2.49. The van der Waals surface area contributed by atoms with Gasteiger partial charge >= 0.3 is 0 Å². The molecule has 1 aromatic carbocycles. The molecule has 2 rings (SSSR count). The number of halogens is 2. The van der Waals surface area contributed by atoms with Crippen molar-refractivity contribution in [3.63, 3.8) is 0 Å². The highest BCUT2D eigenvalue weighted by atomic mass is 35.5. The van der Waals surface area contributed by atoms with E-state index in [9.17, 15) is 4.79 Å². The van der Waals surface area contributed by atoms with E-state index >= 15 is 0 Å². The number of carbonyl (C=O) groups excluding carboxylic acids is 1. The van der Waals surface area contributed by atoms with Crippen molar-refractivity contribution in [3.8, 4) is 0 Å². The van der Waals surface area contributed by atoms with Crippen LogP contribution in [-0.2, 0) is 19.6 Å². The predicted octanol–water partition coefficient (Wildman–Crippen LogP) is 3.79. The standard InChI is InChI=1S/C14H17Cl2NO3Si/c1-14(8-5-9(15)7-10(16)6-8)12(18)11(13(17)19-14)20-21(2,3)4/h5-7H,17H2,1-4H3. The first-order valence-corrected chi connectivity index (χ1v) is 10.6. The summed E-state index contributed by atoms with van der Waals surface area (Å²) in [5.74, 6) is -0.227. The Kier molecular flexibility index (Phi) is 4.03.